The molecule has 0 spiro atoms. The van der Waals surface area contributed by atoms with E-state index in [4.69, 9.17) is 0 Å². The van der Waals surface area contributed by atoms with Gasteiger partial charge in [0.15, 0.2) is 0 Å². The second kappa shape index (κ2) is 9.73. The first-order chi connectivity index (χ1) is 13.8. The van der Waals surface area contributed by atoms with Crippen LogP contribution in [0.4, 0.5) is 0 Å². The number of benzene rings is 1. The first kappa shape index (κ1) is 22.5. The third-order valence-electron chi connectivity index (χ3n) is 5.55. The van der Waals surface area contributed by atoms with Gasteiger partial charge < -0.3 is 4.90 Å². The molecule has 5 nitrogen and oxygen atoms in total. The summed E-state index contributed by atoms with van der Waals surface area (Å²) in [5, 5.41) is 0. The van der Waals surface area contributed by atoms with Crippen molar-refractivity contribution in [3.05, 3.63) is 51.8 Å². The first-order valence-electron chi connectivity index (χ1n) is 9.92. The van der Waals surface area contributed by atoms with Gasteiger partial charge in [0, 0.05) is 31.6 Å². The van der Waals surface area contributed by atoms with Crippen LogP contribution in [0.5, 0.6) is 0 Å². The minimum Gasteiger partial charge on any atom is -0.335 e. The van der Waals surface area contributed by atoms with Crippen molar-refractivity contribution in [1.82, 2.24) is 9.21 Å². The molecule has 1 aliphatic heterocycles. The van der Waals surface area contributed by atoms with Crippen LogP contribution in [0.15, 0.2) is 50.5 Å². The molecule has 1 amide bonds. The van der Waals surface area contributed by atoms with Gasteiger partial charge >= 0.3 is 0 Å². The first-order valence-corrected chi connectivity index (χ1v) is 13.0. The zero-order valence-corrected chi connectivity index (χ0v) is 20.0. The average Bonchev–Trinajstić information content (AvgIpc) is 3.19. The van der Waals surface area contributed by atoms with Crippen LogP contribution in [-0.4, -0.2) is 42.7 Å². The Kier molecular flexibility index (Phi) is 7.53. The second-order valence-corrected chi connectivity index (χ2v) is 12.1. The van der Waals surface area contributed by atoms with Crippen molar-refractivity contribution in [2.45, 2.75) is 49.9 Å². The molecule has 1 aliphatic rings. The highest BCUT2D eigenvalue weighted by molar-refractivity contribution is 9.11. The summed E-state index contributed by atoms with van der Waals surface area (Å²) in [5.74, 6) is 0.00773. The number of hydrogen-bond donors (Lipinski definition) is 0. The van der Waals surface area contributed by atoms with Crippen molar-refractivity contribution in [2.75, 3.05) is 13.1 Å². The molecular weight excluding hydrogens is 472 g/mol. The number of sulfonamides is 1. The number of carbonyl (C=O) groups is 1. The molecule has 3 rings (SSSR count). The maximum absolute atomic E-state index is 13.3. The number of nitrogens with zero attached hydrogens (tertiary/aromatic N) is 2. The molecule has 0 N–H and O–H groups in total. The number of carbonyl (C=O) groups excluding carboxylic acids is 1. The van der Waals surface area contributed by atoms with Crippen LogP contribution in [0.25, 0.3) is 0 Å². The van der Waals surface area contributed by atoms with Gasteiger partial charge in [0.2, 0.25) is 5.91 Å². The van der Waals surface area contributed by atoms with Gasteiger partial charge in [-0.15, -0.1) is 11.3 Å². The SMILES string of the molecule is CCC(C)N(Cc1ccccc1)C(=O)C1CCN(S(=O)(=O)c2ccc(Br)s2)CC1. The summed E-state index contributed by atoms with van der Waals surface area (Å²) in [5.41, 5.74) is 1.12. The molecule has 1 aromatic heterocycles. The fraction of sp³-hybridized carbons (Fsp3) is 0.476. The Hall–Kier alpha value is -1.22. The standard InChI is InChI=1S/C21H27BrN2O3S2/c1-3-16(2)24(15-17-7-5-4-6-8-17)21(25)18-11-13-23(14-12-18)29(26,27)20-10-9-19(22)28-20/h4-10,16,18H,3,11-15H2,1-2H3. The van der Waals surface area contributed by atoms with Gasteiger partial charge in [0.05, 0.1) is 3.79 Å². The zero-order valence-electron chi connectivity index (χ0n) is 16.8. The van der Waals surface area contributed by atoms with E-state index in [2.05, 4.69) is 29.8 Å². The third-order valence-corrected chi connectivity index (χ3v) is 9.54. The number of halogens is 1. The van der Waals surface area contributed by atoms with E-state index in [-0.39, 0.29) is 17.9 Å². The Labute approximate surface area is 185 Å². The second-order valence-electron chi connectivity index (χ2n) is 7.45. The summed E-state index contributed by atoms with van der Waals surface area (Å²) in [7, 11) is -3.48. The van der Waals surface area contributed by atoms with E-state index in [9.17, 15) is 13.2 Å². The summed E-state index contributed by atoms with van der Waals surface area (Å²) in [6, 6.07) is 13.6. The van der Waals surface area contributed by atoms with Gasteiger partial charge in [-0.25, -0.2) is 8.42 Å². The summed E-state index contributed by atoms with van der Waals surface area (Å²) in [6.45, 7) is 5.53. The molecule has 158 valence electrons. The molecule has 0 aliphatic carbocycles. The fourth-order valence-corrected chi connectivity index (χ4v) is 7.23. The van der Waals surface area contributed by atoms with Crippen LogP contribution < -0.4 is 0 Å². The van der Waals surface area contributed by atoms with Crippen molar-refractivity contribution in [2.24, 2.45) is 5.92 Å². The highest BCUT2D eigenvalue weighted by Gasteiger charge is 2.35. The van der Waals surface area contributed by atoms with Crippen LogP contribution >= 0.6 is 27.3 Å². The molecule has 0 radical (unpaired) electrons. The number of piperidine rings is 1. The molecule has 0 saturated carbocycles. The van der Waals surface area contributed by atoms with Crippen molar-refractivity contribution < 1.29 is 13.2 Å². The fourth-order valence-electron chi connectivity index (χ4n) is 3.59. The summed E-state index contributed by atoms with van der Waals surface area (Å²) in [6.07, 6.45) is 2.01. The molecule has 1 saturated heterocycles. The summed E-state index contributed by atoms with van der Waals surface area (Å²) in [4.78, 5) is 15.2. The smallest absolute Gasteiger partial charge is 0.252 e. The molecule has 1 atom stereocenters. The number of hydrogen-bond acceptors (Lipinski definition) is 4. The lowest BCUT2D eigenvalue weighted by atomic mass is 9.95. The zero-order chi connectivity index (χ0) is 21.0. The minimum absolute atomic E-state index is 0.130. The predicted octanol–water partition coefficient (Wildman–Crippen LogP) is 4.74. The largest absolute Gasteiger partial charge is 0.335 e. The van der Waals surface area contributed by atoms with E-state index in [1.807, 2.05) is 35.2 Å². The van der Waals surface area contributed by atoms with Gasteiger partial charge in [-0.2, -0.15) is 4.31 Å². The van der Waals surface area contributed by atoms with Gasteiger partial charge in [-0.05, 0) is 59.8 Å². The van der Waals surface area contributed by atoms with Crippen LogP contribution in [-0.2, 0) is 21.4 Å². The Morgan fingerprint density at radius 1 is 1.21 bits per heavy atom. The number of rotatable bonds is 7. The molecule has 1 fully saturated rings. The van der Waals surface area contributed by atoms with E-state index < -0.39 is 10.0 Å². The van der Waals surface area contributed by atoms with E-state index in [1.54, 1.807) is 12.1 Å². The van der Waals surface area contributed by atoms with Crippen molar-refractivity contribution in [3.8, 4) is 0 Å². The Morgan fingerprint density at radius 3 is 2.41 bits per heavy atom. The Morgan fingerprint density at radius 2 is 1.86 bits per heavy atom. The molecule has 29 heavy (non-hydrogen) atoms. The lowest BCUT2D eigenvalue weighted by Crippen LogP contribution is -2.46. The molecule has 1 unspecified atom stereocenters. The van der Waals surface area contributed by atoms with Crippen molar-refractivity contribution in [3.63, 3.8) is 0 Å². The predicted molar refractivity (Wildman–Crippen MR) is 120 cm³/mol. The lowest BCUT2D eigenvalue weighted by molar-refractivity contribution is -0.139. The Balaban J connectivity index is 1.67. The van der Waals surface area contributed by atoms with E-state index in [0.29, 0.717) is 36.7 Å². The van der Waals surface area contributed by atoms with Crippen molar-refractivity contribution in [1.29, 1.82) is 0 Å². The van der Waals surface area contributed by atoms with Crippen LogP contribution in [0, 0.1) is 5.92 Å². The van der Waals surface area contributed by atoms with Gasteiger partial charge in [0.1, 0.15) is 4.21 Å². The normalized spacial score (nSPS) is 17.2. The molecule has 8 heteroatoms. The third kappa shape index (κ3) is 5.29. The lowest BCUT2D eigenvalue weighted by Gasteiger charge is -2.36. The topological polar surface area (TPSA) is 57.7 Å². The number of amides is 1. The number of thiophene rings is 1. The Bertz CT molecular complexity index is 922. The summed E-state index contributed by atoms with van der Waals surface area (Å²) >= 11 is 4.55. The van der Waals surface area contributed by atoms with Gasteiger partial charge in [-0.1, -0.05) is 37.3 Å². The highest BCUT2D eigenvalue weighted by Crippen LogP contribution is 2.31. The molecular formula is C21H27BrN2O3S2. The van der Waals surface area contributed by atoms with Gasteiger partial charge in [-0.3, -0.25) is 4.79 Å². The molecule has 2 heterocycles. The maximum atomic E-state index is 13.3. The molecule has 2 aromatic rings. The monoisotopic (exact) mass is 498 g/mol. The maximum Gasteiger partial charge on any atom is 0.252 e. The van der Waals surface area contributed by atoms with Crippen LogP contribution in [0.3, 0.4) is 0 Å². The van der Waals surface area contributed by atoms with E-state index in [1.165, 1.54) is 15.6 Å². The van der Waals surface area contributed by atoms with E-state index in [0.717, 1.165) is 15.8 Å². The minimum atomic E-state index is -3.48. The van der Waals surface area contributed by atoms with Crippen LogP contribution in [0.2, 0.25) is 0 Å². The van der Waals surface area contributed by atoms with Gasteiger partial charge in [0.25, 0.3) is 10.0 Å². The van der Waals surface area contributed by atoms with Crippen molar-refractivity contribution >= 4 is 43.2 Å². The summed E-state index contributed by atoms with van der Waals surface area (Å²) < 4.78 is 28.3. The van der Waals surface area contributed by atoms with Crippen LogP contribution in [0.1, 0.15) is 38.7 Å². The highest BCUT2D eigenvalue weighted by atomic mass is 79.9. The average molecular weight is 499 g/mol. The molecule has 0 bridgehead atoms. The molecule has 1 aromatic carbocycles. The quantitative estimate of drug-likeness (QED) is 0.553. The van der Waals surface area contributed by atoms with E-state index >= 15 is 0 Å².